The van der Waals surface area contributed by atoms with Gasteiger partial charge in [-0.1, -0.05) is 19.1 Å². The van der Waals surface area contributed by atoms with E-state index in [-0.39, 0.29) is 0 Å². The number of carbonyl (C=O) groups is 1. The predicted molar refractivity (Wildman–Crippen MR) is 56.0 cm³/mol. The van der Waals surface area contributed by atoms with Crippen molar-refractivity contribution in [3.63, 3.8) is 0 Å². The number of aliphatic carboxylic acids is 1. The summed E-state index contributed by atoms with van der Waals surface area (Å²) >= 11 is 0. The van der Waals surface area contributed by atoms with Gasteiger partial charge in [0.25, 0.3) is 0 Å². The van der Waals surface area contributed by atoms with Crippen LogP contribution in [-0.4, -0.2) is 16.7 Å². The number of carboxylic acid groups (broad SMARTS) is 1. The van der Waals surface area contributed by atoms with Crippen molar-refractivity contribution in [2.75, 3.05) is 0 Å². The zero-order valence-electron chi connectivity index (χ0n) is 8.69. The highest BCUT2D eigenvalue weighted by atomic mass is 16.5. The lowest BCUT2D eigenvalue weighted by Crippen LogP contribution is -2.28. The Morgan fingerprint density at radius 3 is 2.40 bits per heavy atom. The first kappa shape index (κ1) is 10.0. The normalized spacial score (nSPS) is 17.1. The van der Waals surface area contributed by atoms with Gasteiger partial charge in [0.05, 0.1) is 0 Å². The van der Waals surface area contributed by atoms with Gasteiger partial charge in [0.2, 0.25) is 5.60 Å². The molecule has 0 spiro atoms. The van der Waals surface area contributed by atoms with Crippen LogP contribution in [0.3, 0.4) is 0 Å². The van der Waals surface area contributed by atoms with Crippen molar-refractivity contribution >= 4 is 5.97 Å². The fourth-order valence-corrected chi connectivity index (χ4v) is 1.49. The third-order valence-corrected chi connectivity index (χ3v) is 2.74. The standard InChI is InChI=1S/C12H14O3/c1-2-9-3-5-10(6-4-9)15-12(7-8-12)11(13)14/h3-6H,2,7-8H2,1H3,(H,13,14). The van der Waals surface area contributed by atoms with E-state index in [2.05, 4.69) is 6.92 Å². The lowest BCUT2D eigenvalue weighted by molar-refractivity contribution is -0.147. The topological polar surface area (TPSA) is 46.5 Å². The summed E-state index contributed by atoms with van der Waals surface area (Å²) in [5.74, 6) is -0.214. The molecule has 0 radical (unpaired) electrons. The Labute approximate surface area is 88.7 Å². The molecule has 1 fully saturated rings. The Bertz CT molecular complexity index is 363. The maximum atomic E-state index is 10.9. The van der Waals surface area contributed by atoms with Crippen LogP contribution in [0.2, 0.25) is 0 Å². The summed E-state index contributed by atoms with van der Waals surface area (Å²) in [6.45, 7) is 2.08. The van der Waals surface area contributed by atoms with Crippen molar-refractivity contribution in [3.05, 3.63) is 29.8 Å². The van der Waals surface area contributed by atoms with E-state index in [1.807, 2.05) is 24.3 Å². The molecule has 1 N–H and O–H groups in total. The summed E-state index contributed by atoms with van der Waals surface area (Å²) in [6, 6.07) is 7.60. The SMILES string of the molecule is CCc1ccc(OC2(C(=O)O)CC2)cc1. The van der Waals surface area contributed by atoms with Gasteiger partial charge in [-0.2, -0.15) is 0 Å². The molecular weight excluding hydrogens is 192 g/mol. The van der Waals surface area contributed by atoms with Crippen molar-refractivity contribution in [1.29, 1.82) is 0 Å². The summed E-state index contributed by atoms with van der Waals surface area (Å²) in [6.07, 6.45) is 2.19. The summed E-state index contributed by atoms with van der Waals surface area (Å²) in [5, 5.41) is 8.94. The van der Waals surface area contributed by atoms with Gasteiger partial charge in [-0.3, -0.25) is 0 Å². The first-order valence-corrected chi connectivity index (χ1v) is 5.18. The molecule has 2 rings (SSSR count). The molecule has 0 atom stereocenters. The van der Waals surface area contributed by atoms with Gasteiger partial charge < -0.3 is 9.84 Å². The lowest BCUT2D eigenvalue weighted by Gasteiger charge is -2.13. The molecule has 15 heavy (non-hydrogen) atoms. The van der Waals surface area contributed by atoms with E-state index in [0.29, 0.717) is 18.6 Å². The number of hydrogen-bond acceptors (Lipinski definition) is 2. The summed E-state index contributed by atoms with van der Waals surface area (Å²) in [7, 11) is 0. The Kier molecular flexibility index (Phi) is 2.39. The molecule has 1 aromatic rings. The van der Waals surface area contributed by atoms with Gasteiger partial charge in [-0.05, 0) is 24.1 Å². The van der Waals surface area contributed by atoms with Crippen molar-refractivity contribution in [2.45, 2.75) is 31.8 Å². The fourth-order valence-electron chi connectivity index (χ4n) is 1.49. The minimum Gasteiger partial charge on any atom is -0.478 e. The molecule has 3 nitrogen and oxygen atoms in total. The van der Waals surface area contributed by atoms with Gasteiger partial charge in [0.1, 0.15) is 5.75 Å². The van der Waals surface area contributed by atoms with Crippen molar-refractivity contribution < 1.29 is 14.6 Å². The Morgan fingerprint density at radius 2 is 2.00 bits per heavy atom. The molecule has 1 aliphatic carbocycles. The highest BCUT2D eigenvalue weighted by Crippen LogP contribution is 2.40. The van der Waals surface area contributed by atoms with Crippen LogP contribution in [-0.2, 0) is 11.2 Å². The molecule has 0 amide bonds. The van der Waals surface area contributed by atoms with Gasteiger partial charge >= 0.3 is 5.97 Å². The monoisotopic (exact) mass is 206 g/mol. The molecule has 0 aliphatic heterocycles. The number of aryl methyl sites for hydroxylation is 1. The van der Waals surface area contributed by atoms with Crippen LogP contribution in [0.1, 0.15) is 25.3 Å². The minimum atomic E-state index is -0.937. The average Bonchev–Trinajstić information content (AvgIpc) is 3.00. The van der Waals surface area contributed by atoms with E-state index < -0.39 is 11.6 Å². The van der Waals surface area contributed by atoms with Gasteiger partial charge in [-0.25, -0.2) is 4.79 Å². The molecule has 80 valence electrons. The smallest absolute Gasteiger partial charge is 0.348 e. The summed E-state index contributed by atoms with van der Waals surface area (Å²) < 4.78 is 5.47. The van der Waals surface area contributed by atoms with E-state index >= 15 is 0 Å². The van der Waals surface area contributed by atoms with E-state index in [0.717, 1.165) is 6.42 Å². The van der Waals surface area contributed by atoms with Crippen molar-refractivity contribution in [3.8, 4) is 5.75 Å². The van der Waals surface area contributed by atoms with Gasteiger partial charge in [-0.15, -0.1) is 0 Å². The first-order valence-electron chi connectivity index (χ1n) is 5.18. The van der Waals surface area contributed by atoms with Crippen LogP contribution in [0, 0.1) is 0 Å². The number of benzene rings is 1. The van der Waals surface area contributed by atoms with Crippen molar-refractivity contribution in [1.82, 2.24) is 0 Å². The van der Waals surface area contributed by atoms with E-state index in [1.165, 1.54) is 5.56 Å². The second kappa shape index (κ2) is 3.57. The van der Waals surface area contributed by atoms with E-state index in [9.17, 15) is 4.79 Å². The third-order valence-electron chi connectivity index (χ3n) is 2.74. The van der Waals surface area contributed by atoms with Crippen LogP contribution in [0.4, 0.5) is 0 Å². The zero-order chi connectivity index (χ0) is 10.9. The highest BCUT2D eigenvalue weighted by Gasteiger charge is 2.53. The maximum Gasteiger partial charge on any atom is 0.348 e. The minimum absolute atomic E-state index is 0.609. The molecule has 0 aromatic heterocycles. The largest absolute Gasteiger partial charge is 0.478 e. The molecule has 0 heterocycles. The molecule has 1 aromatic carbocycles. The molecular formula is C12H14O3. The number of rotatable bonds is 4. The molecule has 1 aliphatic rings. The van der Waals surface area contributed by atoms with Crippen molar-refractivity contribution in [2.24, 2.45) is 0 Å². The predicted octanol–water partition coefficient (Wildman–Crippen LogP) is 2.25. The fraction of sp³-hybridized carbons (Fsp3) is 0.417. The molecule has 0 bridgehead atoms. The van der Waals surface area contributed by atoms with Gasteiger partial charge in [0.15, 0.2) is 0 Å². The summed E-state index contributed by atoms with van der Waals surface area (Å²) in [5.41, 5.74) is 0.288. The quantitative estimate of drug-likeness (QED) is 0.821. The maximum absolute atomic E-state index is 10.9. The molecule has 0 unspecified atom stereocenters. The Hall–Kier alpha value is -1.51. The molecule has 3 heteroatoms. The third kappa shape index (κ3) is 1.96. The van der Waals surface area contributed by atoms with Crippen LogP contribution in [0.25, 0.3) is 0 Å². The second-order valence-electron chi connectivity index (χ2n) is 3.90. The van der Waals surface area contributed by atoms with Crippen LogP contribution in [0.15, 0.2) is 24.3 Å². The van der Waals surface area contributed by atoms with Gasteiger partial charge in [0, 0.05) is 12.8 Å². The highest BCUT2D eigenvalue weighted by molar-refractivity contribution is 5.81. The number of ether oxygens (including phenoxy) is 1. The van der Waals surface area contributed by atoms with Crippen LogP contribution >= 0.6 is 0 Å². The van der Waals surface area contributed by atoms with Crippen LogP contribution < -0.4 is 4.74 Å². The summed E-state index contributed by atoms with van der Waals surface area (Å²) in [4.78, 5) is 10.9. The Morgan fingerprint density at radius 1 is 1.40 bits per heavy atom. The Balaban J connectivity index is 2.08. The average molecular weight is 206 g/mol. The second-order valence-corrected chi connectivity index (χ2v) is 3.90. The van der Waals surface area contributed by atoms with E-state index in [4.69, 9.17) is 9.84 Å². The zero-order valence-corrected chi connectivity index (χ0v) is 8.69. The first-order chi connectivity index (χ1) is 7.16. The number of hydrogen-bond donors (Lipinski definition) is 1. The van der Waals surface area contributed by atoms with E-state index in [1.54, 1.807) is 0 Å². The lowest BCUT2D eigenvalue weighted by atomic mass is 10.2. The van der Waals surface area contributed by atoms with Crippen LogP contribution in [0.5, 0.6) is 5.75 Å². The molecule has 1 saturated carbocycles. The number of carboxylic acids is 1. The molecule has 0 saturated heterocycles.